The van der Waals surface area contributed by atoms with Crippen LogP contribution in [0.2, 0.25) is 0 Å². The van der Waals surface area contributed by atoms with Gasteiger partial charge in [0.15, 0.2) is 0 Å². The lowest BCUT2D eigenvalue weighted by atomic mass is 10.2. The van der Waals surface area contributed by atoms with Crippen LogP contribution in [0.4, 0.5) is 10.6 Å². The molecule has 106 valence electrons. The van der Waals surface area contributed by atoms with E-state index in [1.54, 1.807) is 18.2 Å². The average Bonchev–Trinajstić information content (AvgIpc) is 2.89. The Balaban J connectivity index is 2.07. The number of urea groups is 1. The van der Waals surface area contributed by atoms with E-state index in [4.69, 9.17) is 4.42 Å². The van der Waals surface area contributed by atoms with Gasteiger partial charge in [0, 0.05) is 12.7 Å². The zero-order valence-corrected chi connectivity index (χ0v) is 12.2. The van der Waals surface area contributed by atoms with E-state index in [0.717, 1.165) is 17.0 Å². The van der Waals surface area contributed by atoms with Gasteiger partial charge in [-0.1, -0.05) is 0 Å². The van der Waals surface area contributed by atoms with Crippen LogP contribution in [0, 0.1) is 13.8 Å². The monoisotopic (exact) mass is 273 g/mol. The third-order valence-electron chi connectivity index (χ3n) is 3.19. The summed E-state index contributed by atoms with van der Waals surface area (Å²) in [6.07, 6.45) is 1.60. The molecule has 5 nitrogen and oxygen atoms in total. The zero-order valence-electron chi connectivity index (χ0n) is 12.2. The fraction of sp³-hybridized carbons (Fsp3) is 0.333. The van der Waals surface area contributed by atoms with Crippen molar-refractivity contribution in [3.8, 4) is 0 Å². The van der Waals surface area contributed by atoms with Gasteiger partial charge in [0.05, 0.1) is 12.3 Å². The minimum atomic E-state index is -0.216. The van der Waals surface area contributed by atoms with Gasteiger partial charge in [-0.05, 0) is 50.6 Å². The Morgan fingerprint density at radius 1 is 1.40 bits per heavy atom. The Labute approximate surface area is 118 Å². The number of hydrogen-bond donors (Lipinski definition) is 1. The highest BCUT2D eigenvalue weighted by molar-refractivity contribution is 5.88. The highest BCUT2D eigenvalue weighted by atomic mass is 16.3. The largest absolute Gasteiger partial charge is 0.467 e. The Kier molecular flexibility index (Phi) is 4.08. The molecule has 2 aromatic heterocycles. The van der Waals surface area contributed by atoms with Gasteiger partial charge >= 0.3 is 6.03 Å². The van der Waals surface area contributed by atoms with E-state index >= 15 is 0 Å². The zero-order chi connectivity index (χ0) is 14.7. The molecule has 2 rings (SSSR count). The molecule has 0 saturated carbocycles. The van der Waals surface area contributed by atoms with Crippen molar-refractivity contribution in [3.05, 3.63) is 47.5 Å². The Morgan fingerprint density at radius 2 is 2.15 bits per heavy atom. The van der Waals surface area contributed by atoms with E-state index in [1.807, 2.05) is 45.0 Å². The molecule has 20 heavy (non-hydrogen) atoms. The number of amides is 2. The van der Waals surface area contributed by atoms with Crippen molar-refractivity contribution in [3.63, 3.8) is 0 Å². The molecule has 1 atom stereocenters. The third kappa shape index (κ3) is 3.17. The minimum absolute atomic E-state index is 0.143. The van der Waals surface area contributed by atoms with Gasteiger partial charge in [-0.2, -0.15) is 0 Å². The van der Waals surface area contributed by atoms with Crippen LogP contribution >= 0.6 is 0 Å². The first kappa shape index (κ1) is 14.1. The lowest BCUT2D eigenvalue weighted by Crippen LogP contribution is -2.33. The van der Waals surface area contributed by atoms with E-state index in [-0.39, 0.29) is 12.1 Å². The van der Waals surface area contributed by atoms with E-state index in [2.05, 4.69) is 10.3 Å². The first-order valence-electron chi connectivity index (χ1n) is 6.50. The Hall–Kier alpha value is -2.30. The number of aromatic nitrogens is 1. The van der Waals surface area contributed by atoms with E-state index < -0.39 is 0 Å². The van der Waals surface area contributed by atoms with Gasteiger partial charge < -0.3 is 9.32 Å². The second-order valence-electron chi connectivity index (χ2n) is 4.90. The molecule has 0 aliphatic carbocycles. The highest BCUT2D eigenvalue weighted by Gasteiger charge is 2.19. The summed E-state index contributed by atoms with van der Waals surface area (Å²) in [6.45, 7) is 5.78. The van der Waals surface area contributed by atoms with E-state index in [1.165, 1.54) is 0 Å². The third-order valence-corrected chi connectivity index (χ3v) is 3.19. The summed E-state index contributed by atoms with van der Waals surface area (Å²) in [4.78, 5) is 18.1. The smallest absolute Gasteiger partial charge is 0.323 e. The van der Waals surface area contributed by atoms with Crippen LogP contribution in [-0.2, 0) is 0 Å². The van der Waals surface area contributed by atoms with Crippen molar-refractivity contribution < 1.29 is 9.21 Å². The highest BCUT2D eigenvalue weighted by Crippen LogP contribution is 2.20. The van der Waals surface area contributed by atoms with Crippen molar-refractivity contribution in [2.45, 2.75) is 26.8 Å². The molecule has 0 aliphatic rings. The van der Waals surface area contributed by atoms with Crippen LogP contribution in [0.25, 0.3) is 0 Å². The first-order valence-corrected chi connectivity index (χ1v) is 6.50. The van der Waals surface area contributed by atoms with Crippen molar-refractivity contribution in [1.29, 1.82) is 0 Å². The van der Waals surface area contributed by atoms with Crippen LogP contribution in [0.3, 0.4) is 0 Å². The molecule has 1 unspecified atom stereocenters. The maximum Gasteiger partial charge on any atom is 0.323 e. The Bertz CT molecular complexity index is 573. The van der Waals surface area contributed by atoms with Crippen LogP contribution in [0.5, 0.6) is 0 Å². The number of nitrogens with one attached hydrogen (secondary N) is 1. The number of aryl methyl sites for hydroxylation is 2. The van der Waals surface area contributed by atoms with Gasteiger partial charge in [-0.15, -0.1) is 0 Å². The topological polar surface area (TPSA) is 58.4 Å². The summed E-state index contributed by atoms with van der Waals surface area (Å²) < 4.78 is 5.32. The molecule has 0 radical (unpaired) electrons. The van der Waals surface area contributed by atoms with Gasteiger partial charge in [0.25, 0.3) is 0 Å². The maximum absolute atomic E-state index is 12.2. The predicted molar refractivity (Wildman–Crippen MR) is 77.6 cm³/mol. The number of pyridine rings is 1. The molecule has 2 aromatic rings. The summed E-state index contributed by atoms with van der Waals surface area (Å²) in [5.74, 6) is 1.31. The SMILES string of the molecule is Cc1cc(C)nc(NC(=O)N(C)C(C)c2ccco2)c1. The van der Waals surface area contributed by atoms with Crippen LogP contribution < -0.4 is 5.32 Å². The second-order valence-corrected chi connectivity index (χ2v) is 4.90. The van der Waals surface area contributed by atoms with Crippen LogP contribution in [-0.4, -0.2) is 23.0 Å². The number of anilines is 1. The molecule has 1 N–H and O–H groups in total. The van der Waals surface area contributed by atoms with E-state index in [9.17, 15) is 4.79 Å². The molecule has 0 fully saturated rings. The summed E-state index contributed by atoms with van der Waals surface area (Å²) >= 11 is 0. The lowest BCUT2D eigenvalue weighted by molar-refractivity contribution is 0.201. The summed E-state index contributed by atoms with van der Waals surface area (Å²) in [6, 6.07) is 7.11. The predicted octanol–water partition coefficient (Wildman–Crippen LogP) is 3.52. The number of nitrogens with zero attached hydrogens (tertiary/aromatic N) is 2. The van der Waals surface area contributed by atoms with Gasteiger partial charge in [-0.3, -0.25) is 5.32 Å². The fourth-order valence-corrected chi connectivity index (χ4v) is 2.00. The second kappa shape index (κ2) is 5.77. The molecule has 5 heteroatoms. The number of furan rings is 1. The number of carbonyl (C=O) groups excluding carboxylic acids is 1. The van der Waals surface area contributed by atoms with Gasteiger partial charge in [-0.25, -0.2) is 9.78 Å². The summed E-state index contributed by atoms with van der Waals surface area (Å²) in [5.41, 5.74) is 1.94. The molecule has 2 amide bonds. The van der Waals surface area contributed by atoms with E-state index in [0.29, 0.717) is 5.82 Å². The number of carbonyl (C=O) groups is 1. The standard InChI is InChI=1S/C15H19N3O2/c1-10-8-11(2)16-14(9-10)17-15(19)18(4)12(3)13-6-5-7-20-13/h5-9,12H,1-4H3,(H,16,17,19). The van der Waals surface area contributed by atoms with Crippen molar-refractivity contribution in [2.75, 3.05) is 12.4 Å². The molecule has 0 saturated heterocycles. The lowest BCUT2D eigenvalue weighted by Gasteiger charge is -2.23. The summed E-state index contributed by atoms with van der Waals surface area (Å²) in [7, 11) is 1.73. The molecule has 0 bridgehead atoms. The van der Waals surface area contributed by atoms with Gasteiger partial charge in [0.2, 0.25) is 0 Å². The molecule has 0 aromatic carbocycles. The first-order chi connectivity index (χ1) is 9.47. The molecular formula is C15H19N3O2. The Morgan fingerprint density at radius 3 is 2.75 bits per heavy atom. The van der Waals surface area contributed by atoms with Gasteiger partial charge in [0.1, 0.15) is 11.6 Å². The summed E-state index contributed by atoms with van der Waals surface area (Å²) in [5, 5.41) is 2.80. The van der Waals surface area contributed by atoms with Crippen LogP contribution in [0.1, 0.15) is 30.0 Å². The fourth-order valence-electron chi connectivity index (χ4n) is 2.00. The maximum atomic E-state index is 12.2. The van der Waals surface area contributed by atoms with Crippen molar-refractivity contribution >= 4 is 11.8 Å². The number of hydrogen-bond acceptors (Lipinski definition) is 3. The van der Waals surface area contributed by atoms with Crippen LogP contribution in [0.15, 0.2) is 34.9 Å². The average molecular weight is 273 g/mol. The normalized spacial score (nSPS) is 12.0. The molecule has 0 aliphatic heterocycles. The molecular weight excluding hydrogens is 254 g/mol. The van der Waals surface area contributed by atoms with Crippen molar-refractivity contribution in [1.82, 2.24) is 9.88 Å². The molecule has 2 heterocycles. The number of rotatable bonds is 3. The minimum Gasteiger partial charge on any atom is -0.467 e. The molecule has 0 spiro atoms. The van der Waals surface area contributed by atoms with Crippen molar-refractivity contribution in [2.24, 2.45) is 0 Å². The quantitative estimate of drug-likeness (QED) is 0.930.